The molecule has 5 heteroatoms. The molecule has 1 aromatic carbocycles. The highest BCUT2D eigenvalue weighted by molar-refractivity contribution is 8.00. The first-order valence-corrected chi connectivity index (χ1v) is 8.17. The highest BCUT2D eigenvalue weighted by Gasteiger charge is 2.28. The third-order valence-electron chi connectivity index (χ3n) is 3.64. The molecule has 1 rings (SSSR count). The molecule has 3 N–H and O–H groups in total. The number of hydrogen-bond donors (Lipinski definition) is 2. The molecule has 1 amide bonds. The topological polar surface area (TPSA) is 55.1 Å². The summed E-state index contributed by atoms with van der Waals surface area (Å²) in [7, 11) is 0. The second-order valence-electron chi connectivity index (χ2n) is 4.87. The van der Waals surface area contributed by atoms with Crippen LogP contribution in [-0.2, 0) is 4.79 Å². The van der Waals surface area contributed by atoms with E-state index in [0.29, 0.717) is 11.6 Å². The fourth-order valence-electron chi connectivity index (χ4n) is 1.91. The molecule has 1 aromatic rings. The quantitative estimate of drug-likeness (QED) is 0.758. The van der Waals surface area contributed by atoms with E-state index >= 15 is 0 Å². The summed E-state index contributed by atoms with van der Waals surface area (Å²) in [5, 5.41) is 3.56. The van der Waals surface area contributed by atoms with E-state index < -0.39 is 0 Å². The third kappa shape index (κ3) is 4.40. The Labute approximate surface area is 130 Å². The van der Waals surface area contributed by atoms with Gasteiger partial charge in [0.15, 0.2) is 0 Å². The van der Waals surface area contributed by atoms with E-state index in [1.807, 2.05) is 45.0 Å². The van der Waals surface area contributed by atoms with Gasteiger partial charge in [0.2, 0.25) is 5.91 Å². The summed E-state index contributed by atoms with van der Waals surface area (Å²) in [5.41, 5.74) is 5.51. The summed E-state index contributed by atoms with van der Waals surface area (Å²) in [6.45, 7) is 6.43. The minimum atomic E-state index is -0.299. The van der Waals surface area contributed by atoms with Gasteiger partial charge in [-0.2, -0.15) is 0 Å². The molecule has 0 aromatic heterocycles. The molecule has 1 unspecified atom stereocenters. The Balaban J connectivity index is 2.70. The Morgan fingerprint density at radius 1 is 1.40 bits per heavy atom. The molecule has 0 fully saturated rings. The fourth-order valence-corrected chi connectivity index (χ4v) is 3.07. The first kappa shape index (κ1) is 17.3. The third-order valence-corrected chi connectivity index (χ3v) is 5.26. The lowest BCUT2D eigenvalue weighted by molar-refractivity contribution is -0.122. The molecular weight excluding hydrogens is 292 g/mol. The zero-order valence-corrected chi connectivity index (χ0v) is 13.9. The average molecular weight is 315 g/mol. The number of nitrogens with one attached hydrogen (secondary N) is 1. The van der Waals surface area contributed by atoms with Gasteiger partial charge in [-0.25, -0.2) is 0 Å². The molecule has 0 spiro atoms. The maximum absolute atomic E-state index is 12.3. The number of benzene rings is 1. The lowest BCUT2D eigenvalue weighted by atomic mass is 9.93. The molecule has 0 saturated carbocycles. The second kappa shape index (κ2) is 7.91. The molecule has 112 valence electrons. The van der Waals surface area contributed by atoms with Crippen LogP contribution in [0.5, 0.6) is 0 Å². The number of carbonyl (C=O) groups excluding carboxylic acids is 1. The molecule has 0 aliphatic heterocycles. The number of nitrogens with two attached hydrogens (primary N) is 1. The summed E-state index contributed by atoms with van der Waals surface area (Å²) < 4.78 is 0. The number of hydrogen-bond acceptors (Lipinski definition) is 3. The van der Waals surface area contributed by atoms with Gasteiger partial charge in [-0.05, 0) is 31.9 Å². The van der Waals surface area contributed by atoms with Crippen molar-refractivity contribution in [2.24, 2.45) is 5.73 Å². The van der Waals surface area contributed by atoms with E-state index in [1.54, 1.807) is 0 Å². The van der Waals surface area contributed by atoms with Gasteiger partial charge in [0.05, 0.1) is 15.8 Å². The van der Waals surface area contributed by atoms with Crippen molar-refractivity contribution in [3.8, 4) is 0 Å². The zero-order valence-electron chi connectivity index (χ0n) is 12.3. The first-order valence-electron chi connectivity index (χ1n) is 6.91. The lowest BCUT2D eigenvalue weighted by Gasteiger charge is -2.32. The number of halogens is 1. The maximum atomic E-state index is 12.3. The van der Waals surface area contributed by atoms with Crippen LogP contribution in [0.3, 0.4) is 0 Å². The molecule has 0 bridgehead atoms. The van der Waals surface area contributed by atoms with E-state index in [2.05, 4.69) is 5.32 Å². The smallest absolute Gasteiger partial charge is 0.233 e. The molecule has 0 aliphatic rings. The Hall–Kier alpha value is -0.710. The van der Waals surface area contributed by atoms with Crippen LogP contribution in [-0.4, -0.2) is 23.2 Å². The molecule has 1 atom stereocenters. The summed E-state index contributed by atoms with van der Waals surface area (Å²) in [5.74, 6) is 0.00377. The molecule has 3 nitrogen and oxygen atoms in total. The van der Waals surface area contributed by atoms with E-state index in [9.17, 15) is 4.79 Å². The van der Waals surface area contributed by atoms with Crippen LogP contribution in [0, 0.1) is 0 Å². The highest BCUT2D eigenvalue weighted by Crippen LogP contribution is 2.30. The summed E-state index contributed by atoms with van der Waals surface area (Å²) in [4.78, 5) is 13.2. The van der Waals surface area contributed by atoms with Crippen LogP contribution in [0.15, 0.2) is 29.2 Å². The van der Waals surface area contributed by atoms with Crippen LogP contribution in [0.25, 0.3) is 0 Å². The Bertz CT molecular complexity index is 441. The second-order valence-corrected chi connectivity index (χ2v) is 6.66. The van der Waals surface area contributed by atoms with Crippen LogP contribution < -0.4 is 11.1 Å². The summed E-state index contributed by atoms with van der Waals surface area (Å²) >= 11 is 7.58. The van der Waals surface area contributed by atoms with Crippen LogP contribution >= 0.6 is 23.4 Å². The number of carbonyl (C=O) groups is 1. The molecule has 0 radical (unpaired) electrons. The normalized spacial score (nSPS) is 13.1. The van der Waals surface area contributed by atoms with Gasteiger partial charge in [0, 0.05) is 11.4 Å². The molecule has 0 saturated heterocycles. The van der Waals surface area contributed by atoms with E-state index in [-0.39, 0.29) is 16.7 Å². The number of thioether (sulfide) groups is 1. The predicted molar refractivity (Wildman–Crippen MR) is 87.3 cm³/mol. The SMILES string of the molecule is CCC(CC)(CN)NC(=O)C(C)Sc1ccccc1Cl. The van der Waals surface area contributed by atoms with E-state index in [4.69, 9.17) is 17.3 Å². The summed E-state index contributed by atoms with van der Waals surface area (Å²) in [6.07, 6.45) is 1.66. The highest BCUT2D eigenvalue weighted by atomic mass is 35.5. The predicted octanol–water partition coefficient (Wildman–Crippen LogP) is 3.45. The van der Waals surface area contributed by atoms with Gasteiger partial charge in [-0.1, -0.05) is 37.6 Å². The van der Waals surface area contributed by atoms with Crippen LogP contribution in [0.1, 0.15) is 33.6 Å². The average Bonchev–Trinajstić information content (AvgIpc) is 2.47. The molecule has 20 heavy (non-hydrogen) atoms. The maximum Gasteiger partial charge on any atom is 0.233 e. The minimum absolute atomic E-state index is 0.00377. The van der Waals surface area contributed by atoms with Gasteiger partial charge >= 0.3 is 0 Å². The van der Waals surface area contributed by atoms with Crippen molar-refractivity contribution in [2.75, 3.05) is 6.54 Å². The first-order chi connectivity index (χ1) is 9.48. The Morgan fingerprint density at radius 2 is 2.00 bits per heavy atom. The minimum Gasteiger partial charge on any atom is -0.348 e. The van der Waals surface area contributed by atoms with E-state index in [1.165, 1.54) is 11.8 Å². The van der Waals surface area contributed by atoms with E-state index in [0.717, 1.165) is 17.7 Å². The van der Waals surface area contributed by atoms with Crippen molar-refractivity contribution >= 4 is 29.3 Å². The monoisotopic (exact) mass is 314 g/mol. The zero-order chi connectivity index (χ0) is 15.2. The van der Waals surface area contributed by atoms with Crippen molar-refractivity contribution in [3.05, 3.63) is 29.3 Å². The van der Waals surface area contributed by atoms with Gasteiger partial charge in [0.25, 0.3) is 0 Å². The largest absolute Gasteiger partial charge is 0.348 e. The van der Waals surface area contributed by atoms with Crippen molar-refractivity contribution in [3.63, 3.8) is 0 Å². The lowest BCUT2D eigenvalue weighted by Crippen LogP contribution is -2.54. The molecule has 0 heterocycles. The fraction of sp³-hybridized carbons (Fsp3) is 0.533. The van der Waals surface area contributed by atoms with Crippen molar-refractivity contribution in [2.45, 2.75) is 49.3 Å². The van der Waals surface area contributed by atoms with Gasteiger partial charge in [-0.3, -0.25) is 4.79 Å². The van der Waals surface area contributed by atoms with Crippen molar-refractivity contribution < 1.29 is 4.79 Å². The number of rotatable bonds is 7. The van der Waals surface area contributed by atoms with Gasteiger partial charge < -0.3 is 11.1 Å². The van der Waals surface area contributed by atoms with Gasteiger partial charge in [0.1, 0.15) is 0 Å². The Kier molecular flexibility index (Phi) is 6.86. The Morgan fingerprint density at radius 3 is 2.50 bits per heavy atom. The number of amides is 1. The molecule has 0 aliphatic carbocycles. The summed E-state index contributed by atoms with van der Waals surface area (Å²) in [6, 6.07) is 7.55. The standard InChI is InChI=1S/C15H23ClN2OS/c1-4-15(5-2,10-17)18-14(19)11(3)20-13-9-7-6-8-12(13)16/h6-9,11H,4-5,10,17H2,1-3H3,(H,18,19). The van der Waals surface area contributed by atoms with Crippen LogP contribution in [0.2, 0.25) is 5.02 Å². The molecular formula is C15H23ClN2OS. The van der Waals surface area contributed by atoms with Crippen molar-refractivity contribution in [1.82, 2.24) is 5.32 Å². The van der Waals surface area contributed by atoms with Crippen molar-refractivity contribution in [1.29, 1.82) is 0 Å². The van der Waals surface area contributed by atoms with Gasteiger partial charge in [-0.15, -0.1) is 11.8 Å². The van der Waals surface area contributed by atoms with Crippen LogP contribution in [0.4, 0.5) is 0 Å².